The van der Waals surface area contributed by atoms with Crippen molar-refractivity contribution in [2.75, 3.05) is 18.2 Å². The Morgan fingerprint density at radius 2 is 1.59 bits per heavy atom. The lowest BCUT2D eigenvalue weighted by Gasteiger charge is -2.32. The molecule has 0 saturated carbocycles. The van der Waals surface area contributed by atoms with Gasteiger partial charge in [0.05, 0.1) is 11.4 Å². The molecule has 3 aromatic carbocycles. The van der Waals surface area contributed by atoms with Crippen LogP contribution in [0.25, 0.3) is 0 Å². The average molecular weight is 434 g/mol. The number of ether oxygens (including phenoxy) is 3. The van der Waals surface area contributed by atoms with E-state index in [1.165, 1.54) is 0 Å². The Labute approximate surface area is 188 Å². The summed E-state index contributed by atoms with van der Waals surface area (Å²) in [4.78, 5) is 13.6. The topological polar surface area (TPSA) is 68.2 Å². The third-order valence-corrected chi connectivity index (χ3v) is 5.33. The minimum atomic E-state index is -0.939. The van der Waals surface area contributed by atoms with Gasteiger partial charge in [-0.15, -0.1) is 0 Å². The molecule has 1 atom stereocenters. The summed E-state index contributed by atoms with van der Waals surface area (Å²) in [5.74, 6) is 1.33. The van der Waals surface area contributed by atoms with Gasteiger partial charge >= 0.3 is 5.97 Å². The van der Waals surface area contributed by atoms with Gasteiger partial charge in [-0.25, -0.2) is 4.79 Å². The highest BCUT2D eigenvalue weighted by Crippen LogP contribution is 2.46. The number of anilines is 2. The van der Waals surface area contributed by atoms with E-state index in [1.807, 2.05) is 79.7 Å². The predicted octanol–water partition coefficient (Wildman–Crippen LogP) is 5.78. The molecule has 0 radical (unpaired) electrons. The number of rotatable bonds is 10. The molecule has 0 aromatic heterocycles. The Hall–Kier alpha value is -3.51. The quantitative estimate of drug-likeness (QED) is 0.409. The molecule has 1 heterocycles. The van der Waals surface area contributed by atoms with Crippen LogP contribution in [0, 0.1) is 0 Å². The van der Waals surface area contributed by atoms with E-state index in [2.05, 4.69) is 4.90 Å². The molecule has 32 heavy (non-hydrogen) atoms. The first kappa shape index (κ1) is 21.7. The second-order valence-corrected chi connectivity index (χ2v) is 7.64. The second kappa shape index (κ2) is 10.2. The number of carbonyl (C=O) groups is 1. The molecule has 0 aliphatic carbocycles. The lowest BCUT2D eigenvalue weighted by atomic mass is 10.1. The molecule has 0 bridgehead atoms. The van der Waals surface area contributed by atoms with Crippen molar-refractivity contribution in [3.63, 3.8) is 0 Å². The van der Waals surface area contributed by atoms with Crippen LogP contribution < -0.4 is 14.4 Å². The van der Waals surface area contributed by atoms with Crippen molar-refractivity contribution in [1.82, 2.24) is 0 Å². The van der Waals surface area contributed by atoms with Gasteiger partial charge in [-0.05, 0) is 48.4 Å². The maximum Gasteiger partial charge on any atom is 0.333 e. The summed E-state index contributed by atoms with van der Waals surface area (Å²) in [6, 6.07) is 23.2. The first-order valence-corrected chi connectivity index (χ1v) is 10.9. The number of fused-ring (bicyclic) bond motifs is 2. The van der Waals surface area contributed by atoms with Gasteiger partial charge in [0.2, 0.25) is 0 Å². The number of aliphatic carboxylic acids is 1. The van der Waals surface area contributed by atoms with Crippen LogP contribution in [0.3, 0.4) is 0 Å². The fraction of sp³-hybridized carbons (Fsp3) is 0.269. The van der Waals surface area contributed by atoms with Crippen molar-refractivity contribution in [3.05, 3.63) is 78.4 Å². The first-order valence-electron chi connectivity index (χ1n) is 10.9. The second-order valence-electron chi connectivity index (χ2n) is 7.64. The maximum atomic E-state index is 11.5. The van der Waals surface area contributed by atoms with Crippen LogP contribution in [0.15, 0.2) is 72.8 Å². The summed E-state index contributed by atoms with van der Waals surface area (Å²) in [5, 5.41) is 9.41. The van der Waals surface area contributed by atoms with Gasteiger partial charge in [0.1, 0.15) is 5.75 Å². The van der Waals surface area contributed by atoms with Crippen LogP contribution in [-0.2, 0) is 16.0 Å². The molecule has 0 amide bonds. The number of unbranched alkanes of at least 4 members (excludes halogenated alkanes) is 1. The number of nitrogens with zero attached hydrogens (tertiary/aromatic N) is 1. The number of carboxylic acid groups (broad SMARTS) is 1. The minimum absolute atomic E-state index is 0.314. The molecule has 6 heteroatoms. The molecule has 6 nitrogen and oxygen atoms in total. The number of benzene rings is 3. The molecule has 0 spiro atoms. The average Bonchev–Trinajstić information content (AvgIpc) is 2.82. The van der Waals surface area contributed by atoms with Gasteiger partial charge in [0, 0.05) is 13.0 Å². The van der Waals surface area contributed by atoms with Crippen molar-refractivity contribution >= 4 is 17.3 Å². The van der Waals surface area contributed by atoms with E-state index in [-0.39, 0.29) is 0 Å². The molecular weight excluding hydrogens is 406 g/mol. The fourth-order valence-corrected chi connectivity index (χ4v) is 3.58. The molecule has 3 aromatic rings. The molecule has 166 valence electrons. The third-order valence-electron chi connectivity index (χ3n) is 5.33. The standard InChI is InChI=1S/C26H27NO5/c1-2-3-16-30-25(26(28)29)17-19-12-14-20(15-13-19)31-18-27-21-8-4-6-10-23(21)32-24-11-7-5-9-22(24)27/h4-15,25H,2-3,16-18H2,1H3,(H,28,29). The van der Waals surface area contributed by atoms with Crippen molar-refractivity contribution in [2.24, 2.45) is 0 Å². The number of para-hydroxylation sites is 4. The first-order chi connectivity index (χ1) is 15.7. The van der Waals surface area contributed by atoms with Gasteiger partial charge < -0.3 is 24.2 Å². The van der Waals surface area contributed by atoms with Crippen molar-refractivity contribution in [1.29, 1.82) is 0 Å². The maximum absolute atomic E-state index is 11.5. The van der Waals surface area contributed by atoms with E-state index in [9.17, 15) is 9.90 Å². The molecule has 0 saturated heterocycles. The van der Waals surface area contributed by atoms with Crippen LogP contribution in [0.5, 0.6) is 17.2 Å². The lowest BCUT2D eigenvalue weighted by Crippen LogP contribution is -2.27. The smallest absolute Gasteiger partial charge is 0.333 e. The Bertz CT molecular complexity index is 1000. The minimum Gasteiger partial charge on any atom is -0.479 e. The number of hydrogen-bond donors (Lipinski definition) is 1. The lowest BCUT2D eigenvalue weighted by molar-refractivity contribution is -0.150. The zero-order valence-corrected chi connectivity index (χ0v) is 18.1. The van der Waals surface area contributed by atoms with Crippen LogP contribution in [0.1, 0.15) is 25.3 Å². The van der Waals surface area contributed by atoms with E-state index >= 15 is 0 Å². The number of carboxylic acids is 1. The van der Waals surface area contributed by atoms with Gasteiger partial charge in [-0.3, -0.25) is 0 Å². The highest BCUT2D eigenvalue weighted by molar-refractivity contribution is 5.77. The van der Waals surface area contributed by atoms with E-state index < -0.39 is 12.1 Å². The fourth-order valence-electron chi connectivity index (χ4n) is 3.58. The molecule has 4 rings (SSSR count). The Morgan fingerprint density at radius 3 is 2.19 bits per heavy atom. The Kier molecular flexibility index (Phi) is 6.92. The van der Waals surface area contributed by atoms with Crippen molar-refractivity contribution in [2.45, 2.75) is 32.3 Å². The van der Waals surface area contributed by atoms with Gasteiger partial charge in [0.15, 0.2) is 24.3 Å². The third kappa shape index (κ3) is 5.03. The molecule has 1 aliphatic heterocycles. The summed E-state index contributed by atoms with van der Waals surface area (Å²) in [6.45, 7) is 2.82. The summed E-state index contributed by atoms with van der Waals surface area (Å²) < 4.78 is 17.6. The van der Waals surface area contributed by atoms with Crippen LogP contribution in [0.4, 0.5) is 11.4 Å². The van der Waals surface area contributed by atoms with Crippen molar-refractivity contribution < 1.29 is 24.1 Å². The molecule has 1 N–H and O–H groups in total. The summed E-state index contributed by atoms with van der Waals surface area (Å²) >= 11 is 0. The Morgan fingerprint density at radius 1 is 0.969 bits per heavy atom. The Balaban J connectivity index is 1.42. The molecular formula is C26H27NO5. The van der Waals surface area contributed by atoms with E-state index in [1.54, 1.807) is 0 Å². The van der Waals surface area contributed by atoms with Crippen LogP contribution >= 0.6 is 0 Å². The normalized spacial score (nSPS) is 13.0. The zero-order valence-electron chi connectivity index (χ0n) is 18.1. The molecule has 1 aliphatic rings. The summed E-state index contributed by atoms with van der Waals surface area (Å²) in [6.07, 6.45) is 1.30. The van der Waals surface area contributed by atoms with Gasteiger partial charge in [0.25, 0.3) is 0 Å². The van der Waals surface area contributed by atoms with E-state index in [4.69, 9.17) is 14.2 Å². The highest BCUT2D eigenvalue weighted by atomic mass is 16.5. The predicted molar refractivity (Wildman–Crippen MR) is 123 cm³/mol. The van der Waals surface area contributed by atoms with E-state index in [0.29, 0.717) is 25.5 Å². The van der Waals surface area contributed by atoms with Crippen LogP contribution in [0.2, 0.25) is 0 Å². The van der Waals surface area contributed by atoms with E-state index in [0.717, 1.165) is 41.3 Å². The summed E-state index contributed by atoms with van der Waals surface area (Å²) in [5.41, 5.74) is 2.77. The highest BCUT2D eigenvalue weighted by Gasteiger charge is 2.24. The summed E-state index contributed by atoms with van der Waals surface area (Å²) in [7, 11) is 0. The van der Waals surface area contributed by atoms with Gasteiger partial charge in [-0.1, -0.05) is 49.7 Å². The molecule has 1 unspecified atom stereocenters. The molecule has 0 fully saturated rings. The van der Waals surface area contributed by atoms with Gasteiger partial charge in [-0.2, -0.15) is 0 Å². The SMILES string of the molecule is CCCCOC(Cc1ccc(OCN2c3ccccc3Oc3ccccc32)cc1)C(=O)O. The monoisotopic (exact) mass is 433 g/mol. The van der Waals surface area contributed by atoms with Crippen molar-refractivity contribution in [3.8, 4) is 17.2 Å². The number of hydrogen-bond acceptors (Lipinski definition) is 5. The largest absolute Gasteiger partial charge is 0.479 e. The van der Waals surface area contributed by atoms with Crippen LogP contribution in [-0.4, -0.2) is 30.5 Å². The zero-order chi connectivity index (χ0) is 22.3.